The summed E-state index contributed by atoms with van der Waals surface area (Å²) in [6.07, 6.45) is -3.21. The van der Waals surface area contributed by atoms with Crippen molar-refractivity contribution in [2.45, 2.75) is 12.7 Å². The fraction of sp³-hybridized carbons (Fsp3) is 0.200. The summed E-state index contributed by atoms with van der Waals surface area (Å²) >= 11 is 0. The van der Waals surface area contributed by atoms with Crippen molar-refractivity contribution >= 4 is 11.8 Å². The molecule has 0 radical (unpaired) electrons. The fourth-order valence-electron chi connectivity index (χ4n) is 2.68. The quantitative estimate of drug-likeness (QED) is 0.593. The lowest BCUT2D eigenvalue weighted by Crippen LogP contribution is -2.30. The molecule has 0 unspecified atom stereocenters. The van der Waals surface area contributed by atoms with Gasteiger partial charge in [0.15, 0.2) is 0 Å². The van der Waals surface area contributed by atoms with Crippen LogP contribution in [0.1, 0.15) is 11.1 Å². The number of hydrogen-bond donors (Lipinski definition) is 1. The molecule has 0 bridgehead atoms. The highest BCUT2D eigenvalue weighted by atomic mass is 19.4. The highest BCUT2D eigenvalue weighted by Crippen LogP contribution is 2.31. The molecular weight excluding hydrogens is 388 g/mol. The van der Waals surface area contributed by atoms with Crippen molar-refractivity contribution in [2.75, 3.05) is 23.8 Å². The average Bonchev–Trinajstić information content (AvgIpc) is 2.67. The predicted octanol–water partition coefficient (Wildman–Crippen LogP) is 4.30. The molecule has 9 heteroatoms. The van der Waals surface area contributed by atoms with E-state index in [1.807, 2.05) is 18.2 Å². The lowest BCUT2D eigenvalue weighted by molar-refractivity contribution is -0.137. The Hall–Kier alpha value is -3.36. The van der Waals surface area contributed by atoms with Crippen LogP contribution < -0.4 is 15.4 Å². The highest BCUT2D eigenvalue weighted by Gasteiger charge is 2.31. The number of benzene rings is 2. The number of alkyl halides is 3. The van der Waals surface area contributed by atoms with E-state index >= 15 is 0 Å². The highest BCUT2D eigenvalue weighted by molar-refractivity contribution is 5.39. The minimum absolute atomic E-state index is 0.0531. The van der Waals surface area contributed by atoms with Gasteiger partial charge in [-0.25, -0.2) is 9.37 Å². The summed E-state index contributed by atoms with van der Waals surface area (Å²) in [4.78, 5) is 9.81. The van der Waals surface area contributed by atoms with E-state index in [-0.39, 0.29) is 37.0 Å². The van der Waals surface area contributed by atoms with Gasteiger partial charge in [0, 0.05) is 12.7 Å². The molecule has 3 aromatic rings. The number of nitrogens with zero attached hydrogens (tertiary/aromatic N) is 3. The van der Waals surface area contributed by atoms with Crippen LogP contribution in [0.25, 0.3) is 0 Å². The average molecular weight is 406 g/mol. The molecule has 0 amide bonds. The van der Waals surface area contributed by atoms with Crippen molar-refractivity contribution < 1.29 is 22.3 Å². The summed E-state index contributed by atoms with van der Waals surface area (Å²) in [5.74, 6) is 0.0912. The Bertz CT molecular complexity index is 951. The fourth-order valence-corrected chi connectivity index (χ4v) is 2.68. The molecule has 0 saturated carbocycles. The second-order valence-electron chi connectivity index (χ2n) is 6.21. The summed E-state index contributed by atoms with van der Waals surface area (Å²) in [7, 11) is 0. The van der Waals surface area contributed by atoms with E-state index in [1.54, 1.807) is 17.0 Å². The monoisotopic (exact) mass is 406 g/mol. The number of nitrogen functional groups attached to an aromatic ring is 1. The first-order chi connectivity index (χ1) is 13.8. The molecule has 0 aliphatic heterocycles. The Morgan fingerprint density at radius 3 is 2.48 bits per heavy atom. The van der Waals surface area contributed by atoms with Crippen molar-refractivity contribution in [3.63, 3.8) is 0 Å². The van der Waals surface area contributed by atoms with Crippen LogP contribution in [-0.2, 0) is 12.7 Å². The summed E-state index contributed by atoms with van der Waals surface area (Å²) in [5, 5.41) is 0. The number of rotatable bonds is 7. The van der Waals surface area contributed by atoms with E-state index in [0.717, 1.165) is 12.1 Å². The van der Waals surface area contributed by atoms with Crippen molar-refractivity contribution in [3.05, 3.63) is 77.7 Å². The van der Waals surface area contributed by atoms with Crippen molar-refractivity contribution in [1.29, 1.82) is 0 Å². The molecule has 1 aromatic heterocycles. The van der Waals surface area contributed by atoms with Crippen molar-refractivity contribution in [1.82, 2.24) is 9.97 Å². The van der Waals surface area contributed by atoms with Crippen LogP contribution in [0, 0.1) is 5.82 Å². The molecule has 152 valence electrons. The molecule has 5 nitrogen and oxygen atoms in total. The lowest BCUT2D eigenvalue weighted by Gasteiger charge is -2.23. The van der Waals surface area contributed by atoms with E-state index < -0.39 is 17.6 Å². The minimum atomic E-state index is -4.65. The maximum Gasteiger partial charge on any atom is 0.416 e. The largest absolute Gasteiger partial charge is 0.492 e. The topological polar surface area (TPSA) is 64.3 Å². The van der Waals surface area contributed by atoms with Crippen LogP contribution >= 0.6 is 0 Å². The molecule has 0 fully saturated rings. The third-order valence-corrected chi connectivity index (χ3v) is 3.98. The second-order valence-corrected chi connectivity index (χ2v) is 6.21. The van der Waals surface area contributed by atoms with Crippen molar-refractivity contribution in [2.24, 2.45) is 0 Å². The zero-order valence-electron chi connectivity index (χ0n) is 15.2. The molecule has 0 aliphatic rings. The van der Waals surface area contributed by atoms with Crippen LogP contribution in [0.3, 0.4) is 0 Å². The number of ether oxygens (including phenoxy) is 1. The van der Waals surface area contributed by atoms with Gasteiger partial charge in [-0.05, 0) is 42.0 Å². The summed E-state index contributed by atoms with van der Waals surface area (Å²) in [5.41, 5.74) is 4.77. The molecule has 3 rings (SSSR count). The number of hydrogen-bond acceptors (Lipinski definition) is 5. The lowest BCUT2D eigenvalue weighted by atomic mass is 10.1. The Kier molecular flexibility index (Phi) is 6.16. The molecule has 1 heterocycles. The van der Waals surface area contributed by atoms with Gasteiger partial charge in [0.05, 0.1) is 12.1 Å². The van der Waals surface area contributed by atoms with Gasteiger partial charge in [-0.15, -0.1) is 0 Å². The third kappa shape index (κ3) is 5.81. The smallest absolute Gasteiger partial charge is 0.416 e. The molecule has 0 atom stereocenters. The number of aromatic nitrogens is 2. The summed E-state index contributed by atoms with van der Waals surface area (Å²) < 4.78 is 58.4. The zero-order valence-corrected chi connectivity index (χ0v) is 15.2. The van der Waals surface area contributed by atoms with Crippen molar-refractivity contribution in [3.8, 4) is 5.75 Å². The van der Waals surface area contributed by atoms with Crippen LogP contribution in [0.5, 0.6) is 5.75 Å². The Morgan fingerprint density at radius 2 is 1.79 bits per heavy atom. The maximum atomic E-state index is 13.8. The first-order valence-corrected chi connectivity index (χ1v) is 8.69. The number of nitrogens with two attached hydrogens (primary N) is 1. The van der Waals surface area contributed by atoms with E-state index in [2.05, 4.69) is 9.97 Å². The van der Waals surface area contributed by atoms with Gasteiger partial charge in [0.2, 0.25) is 5.95 Å². The molecular formula is C20H18F4N4O. The minimum Gasteiger partial charge on any atom is -0.492 e. The van der Waals surface area contributed by atoms with Crippen LogP contribution in [0.15, 0.2) is 60.8 Å². The first-order valence-electron chi connectivity index (χ1n) is 8.69. The van der Waals surface area contributed by atoms with E-state index in [4.69, 9.17) is 10.5 Å². The van der Waals surface area contributed by atoms with Gasteiger partial charge >= 0.3 is 6.18 Å². The van der Waals surface area contributed by atoms with Crippen LogP contribution in [-0.4, -0.2) is 23.1 Å². The number of anilines is 2. The van der Waals surface area contributed by atoms with E-state index in [1.165, 1.54) is 12.3 Å². The first kappa shape index (κ1) is 20.4. The van der Waals surface area contributed by atoms with E-state index in [0.29, 0.717) is 11.8 Å². The maximum absolute atomic E-state index is 13.8. The SMILES string of the molecule is Nc1ccnc(N(CCOc2ccccc2)Cc2cc(F)cc(C(F)(F)F)c2)n1. The van der Waals surface area contributed by atoms with Crippen LogP contribution in [0.4, 0.5) is 29.3 Å². The summed E-state index contributed by atoms with van der Waals surface area (Å²) in [6, 6.07) is 13.0. The number of para-hydroxylation sites is 1. The molecule has 2 N–H and O–H groups in total. The molecule has 29 heavy (non-hydrogen) atoms. The van der Waals surface area contributed by atoms with Gasteiger partial charge < -0.3 is 15.4 Å². The summed E-state index contributed by atoms with van der Waals surface area (Å²) in [6.45, 7) is 0.405. The van der Waals surface area contributed by atoms with Gasteiger partial charge in [-0.2, -0.15) is 18.2 Å². The van der Waals surface area contributed by atoms with E-state index in [9.17, 15) is 17.6 Å². The molecule has 0 aliphatic carbocycles. The Morgan fingerprint density at radius 1 is 1.03 bits per heavy atom. The predicted molar refractivity (Wildman–Crippen MR) is 101 cm³/mol. The number of halogens is 4. The Balaban J connectivity index is 1.81. The third-order valence-electron chi connectivity index (χ3n) is 3.98. The molecule has 0 spiro atoms. The molecule has 0 saturated heterocycles. The second kappa shape index (κ2) is 8.76. The van der Waals surface area contributed by atoms with Gasteiger partial charge in [-0.3, -0.25) is 0 Å². The van der Waals surface area contributed by atoms with Crippen LogP contribution in [0.2, 0.25) is 0 Å². The molecule has 2 aromatic carbocycles. The van der Waals surface area contributed by atoms with Gasteiger partial charge in [-0.1, -0.05) is 18.2 Å². The zero-order chi connectivity index (χ0) is 20.9. The standard InChI is InChI=1S/C20H18F4N4O/c21-16-11-14(10-15(12-16)20(22,23)24)13-28(19-26-7-6-18(25)27-19)8-9-29-17-4-2-1-3-5-17/h1-7,10-12H,8-9,13H2,(H2,25,26,27). The Labute approximate surface area is 164 Å². The van der Waals surface area contributed by atoms with Gasteiger partial charge in [0.25, 0.3) is 0 Å². The van der Waals surface area contributed by atoms with Gasteiger partial charge in [0.1, 0.15) is 24.0 Å². The normalized spacial score (nSPS) is 11.3.